The van der Waals surface area contributed by atoms with Crippen LogP contribution in [-0.4, -0.2) is 24.1 Å². The van der Waals surface area contributed by atoms with Gasteiger partial charge in [0.25, 0.3) is 0 Å². The van der Waals surface area contributed by atoms with Gasteiger partial charge in [0, 0.05) is 43.6 Å². The van der Waals surface area contributed by atoms with Crippen molar-refractivity contribution >= 4 is 65.6 Å². The molecule has 0 bridgehead atoms. The van der Waals surface area contributed by atoms with Crippen molar-refractivity contribution in [3.63, 3.8) is 0 Å². The largest absolute Gasteiger partial charge is 0.452 e. The third-order valence-electron chi connectivity index (χ3n) is 11.3. The second kappa shape index (κ2) is 12.6. The van der Waals surface area contributed by atoms with E-state index < -0.39 is 5.82 Å². The fourth-order valence-corrected chi connectivity index (χ4v) is 8.64. The molecule has 0 N–H and O–H groups in total. The first-order chi connectivity index (χ1) is 28.7. The maximum absolute atomic E-state index is 15.0. The van der Waals surface area contributed by atoms with Gasteiger partial charge in [-0.25, -0.2) is 9.37 Å². The Hall–Kier alpha value is -7.90. The maximum Gasteiger partial charge on any atom is 0.238 e. The molecule has 0 aliphatic carbocycles. The summed E-state index contributed by atoms with van der Waals surface area (Å²) in [5.41, 5.74) is 9.88. The standard InChI is InChI=1S/C51H30FN5O/c52-42-22-12-20-38-37-19-11-21-39(47(37)58-48(38)42)50-53-49(31-13-3-1-4-14-31)54-51(55-50)57-44-24-10-8-18-36(44)41-30-33(26-28-46(41)57)32-25-27-45-40(29-32)35-17-7-9-23-43(35)56(45)34-15-5-2-6-16-34/h1-30H. The normalized spacial score (nSPS) is 11.9. The molecule has 12 rings (SSSR count). The van der Waals surface area contributed by atoms with E-state index in [1.165, 1.54) is 22.4 Å². The number of hydrogen-bond acceptors (Lipinski definition) is 4. The number of fused-ring (bicyclic) bond motifs is 9. The van der Waals surface area contributed by atoms with Crippen LogP contribution in [0.15, 0.2) is 186 Å². The minimum atomic E-state index is -0.413. The van der Waals surface area contributed by atoms with Gasteiger partial charge in [0.15, 0.2) is 23.0 Å². The van der Waals surface area contributed by atoms with Crippen LogP contribution in [0.4, 0.5) is 4.39 Å². The van der Waals surface area contributed by atoms with Crippen LogP contribution in [0.3, 0.4) is 0 Å². The van der Waals surface area contributed by atoms with Gasteiger partial charge in [-0.15, -0.1) is 0 Å². The van der Waals surface area contributed by atoms with Crippen LogP contribution in [-0.2, 0) is 0 Å². The van der Waals surface area contributed by atoms with E-state index in [9.17, 15) is 4.39 Å². The Morgan fingerprint density at radius 1 is 0.379 bits per heavy atom. The Morgan fingerprint density at radius 3 is 1.62 bits per heavy atom. The first-order valence-electron chi connectivity index (χ1n) is 19.2. The van der Waals surface area contributed by atoms with Crippen LogP contribution in [0.25, 0.3) is 111 Å². The predicted octanol–water partition coefficient (Wildman–Crippen LogP) is 13.1. The molecule has 0 aliphatic rings. The van der Waals surface area contributed by atoms with Gasteiger partial charge < -0.3 is 8.98 Å². The molecule has 0 radical (unpaired) electrons. The smallest absolute Gasteiger partial charge is 0.238 e. The highest BCUT2D eigenvalue weighted by atomic mass is 19.1. The maximum atomic E-state index is 15.0. The van der Waals surface area contributed by atoms with E-state index in [1.54, 1.807) is 6.07 Å². The van der Waals surface area contributed by atoms with E-state index in [0.29, 0.717) is 34.1 Å². The molecule has 272 valence electrons. The molecule has 6 nitrogen and oxygen atoms in total. The van der Waals surface area contributed by atoms with Crippen LogP contribution >= 0.6 is 0 Å². The van der Waals surface area contributed by atoms with E-state index >= 15 is 0 Å². The molecular weight excluding hydrogens is 718 g/mol. The van der Waals surface area contributed by atoms with Gasteiger partial charge in [-0.05, 0) is 71.8 Å². The molecule has 7 heteroatoms. The van der Waals surface area contributed by atoms with Crippen LogP contribution in [0.5, 0.6) is 0 Å². The van der Waals surface area contributed by atoms with Crippen molar-refractivity contribution in [1.29, 1.82) is 0 Å². The van der Waals surface area contributed by atoms with Crippen LogP contribution in [0.2, 0.25) is 0 Å². The Kier molecular flexibility index (Phi) is 7.01. The third-order valence-corrected chi connectivity index (χ3v) is 11.3. The number of hydrogen-bond donors (Lipinski definition) is 0. The molecule has 0 saturated carbocycles. The number of furan rings is 1. The van der Waals surface area contributed by atoms with Gasteiger partial charge >= 0.3 is 0 Å². The van der Waals surface area contributed by atoms with Gasteiger partial charge in [0.05, 0.1) is 27.6 Å². The van der Waals surface area contributed by atoms with Gasteiger partial charge in [0.1, 0.15) is 5.58 Å². The lowest BCUT2D eigenvalue weighted by Gasteiger charge is -2.11. The fraction of sp³-hybridized carbons (Fsp3) is 0. The number of rotatable bonds is 5. The summed E-state index contributed by atoms with van der Waals surface area (Å²) in [4.78, 5) is 15.3. The number of para-hydroxylation sites is 5. The number of nitrogens with zero attached hydrogens (tertiary/aromatic N) is 5. The lowest BCUT2D eigenvalue weighted by atomic mass is 10.0. The highest BCUT2D eigenvalue weighted by Gasteiger charge is 2.22. The lowest BCUT2D eigenvalue weighted by Crippen LogP contribution is -2.06. The summed E-state index contributed by atoms with van der Waals surface area (Å²) in [7, 11) is 0. The summed E-state index contributed by atoms with van der Waals surface area (Å²) >= 11 is 0. The number of aromatic nitrogens is 5. The summed E-state index contributed by atoms with van der Waals surface area (Å²) in [6, 6.07) is 61.6. The van der Waals surface area contributed by atoms with E-state index in [2.05, 4.69) is 118 Å². The predicted molar refractivity (Wildman–Crippen MR) is 232 cm³/mol. The van der Waals surface area contributed by atoms with Gasteiger partial charge in [0.2, 0.25) is 5.95 Å². The molecule has 12 aromatic rings. The Morgan fingerprint density at radius 2 is 0.914 bits per heavy atom. The first-order valence-corrected chi connectivity index (χ1v) is 19.2. The second-order valence-electron chi connectivity index (χ2n) is 14.6. The van der Waals surface area contributed by atoms with Crippen LogP contribution < -0.4 is 0 Å². The molecule has 0 amide bonds. The van der Waals surface area contributed by atoms with Gasteiger partial charge in [-0.2, -0.15) is 9.97 Å². The second-order valence-corrected chi connectivity index (χ2v) is 14.6. The van der Waals surface area contributed by atoms with Crippen LogP contribution in [0.1, 0.15) is 0 Å². The molecule has 0 saturated heterocycles. The van der Waals surface area contributed by atoms with E-state index in [4.69, 9.17) is 19.4 Å². The summed E-state index contributed by atoms with van der Waals surface area (Å²) in [5.74, 6) is 1.01. The lowest BCUT2D eigenvalue weighted by molar-refractivity contribution is 0.584. The summed E-state index contributed by atoms with van der Waals surface area (Å²) in [5, 5.41) is 6.07. The fourth-order valence-electron chi connectivity index (χ4n) is 8.64. The zero-order chi connectivity index (χ0) is 38.3. The quantitative estimate of drug-likeness (QED) is 0.176. The molecule has 0 unspecified atom stereocenters. The molecule has 4 heterocycles. The minimum absolute atomic E-state index is 0.210. The SMILES string of the molecule is Fc1cccc2c1oc1c(-c3nc(-c4ccccc4)nc(-n4c5ccccc5c5cc(-c6ccc7c(c6)c6ccccc6n7-c6ccccc6)ccc54)n3)cccc12. The molecule has 4 aromatic heterocycles. The molecule has 0 aliphatic heterocycles. The summed E-state index contributed by atoms with van der Waals surface area (Å²) in [6.45, 7) is 0. The summed E-state index contributed by atoms with van der Waals surface area (Å²) in [6.07, 6.45) is 0. The Labute approximate surface area is 330 Å². The molecule has 0 fully saturated rings. The van der Waals surface area contributed by atoms with Crippen molar-refractivity contribution < 1.29 is 8.81 Å². The topological polar surface area (TPSA) is 61.7 Å². The Balaban J connectivity index is 1.06. The van der Waals surface area contributed by atoms with Crippen LogP contribution in [0, 0.1) is 5.82 Å². The molecule has 58 heavy (non-hydrogen) atoms. The van der Waals surface area contributed by atoms with Crippen molar-refractivity contribution in [2.45, 2.75) is 0 Å². The zero-order valence-electron chi connectivity index (χ0n) is 30.8. The van der Waals surface area contributed by atoms with Crippen molar-refractivity contribution in [3.8, 4) is 45.5 Å². The molecule has 0 atom stereocenters. The van der Waals surface area contributed by atoms with E-state index in [1.807, 2.05) is 60.7 Å². The number of benzene rings is 8. The van der Waals surface area contributed by atoms with Gasteiger partial charge in [-0.1, -0.05) is 121 Å². The zero-order valence-corrected chi connectivity index (χ0v) is 30.8. The average Bonchev–Trinajstić information content (AvgIpc) is 3.95. The summed E-state index contributed by atoms with van der Waals surface area (Å²) < 4.78 is 25.7. The molecule has 0 spiro atoms. The monoisotopic (exact) mass is 747 g/mol. The van der Waals surface area contributed by atoms with Crippen molar-refractivity contribution in [1.82, 2.24) is 24.1 Å². The third kappa shape index (κ3) is 4.86. The van der Waals surface area contributed by atoms with Crippen molar-refractivity contribution in [2.24, 2.45) is 0 Å². The molecular formula is C51H30FN5O. The minimum Gasteiger partial charge on any atom is -0.452 e. The van der Waals surface area contributed by atoms with Gasteiger partial charge in [-0.3, -0.25) is 4.57 Å². The average molecular weight is 748 g/mol. The van der Waals surface area contributed by atoms with Crippen molar-refractivity contribution in [2.75, 3.05) is 0 Å². The Bertz CT molecular complexity index is 3590. The highest BCUT2D eigenvalue weighted by Crippen LogP contribution is 2.40. The number of halogens is 1. The molecule has 8 aromatic carbocycles. The van der Waals surface area contributed by atoms with E-state index in [0.717, 1.165) is 55.1 Å². The highest BCUT2D eigenvalue weighted by molar-refractivity contribution is 6.13. The van der Waals surface area contributed by atoms with Crippen molar-refractivity contribution in [3.05, 3.63) is 188 Å². The van der Waals surface area contributed by atoms with E-state index in [-0.39, 0.29) is 5.58 Å². The first kappa shape index (κ1) is 32.4.